The molecule has 0 unspecified atom stereocenters. The minimum absolute atomic E-state index is 0.285. The summed E-state index contributed by atoms with van der Waals surface area (Å²) in [6, 6.07) is 4.00. The van der Waals surface area contributed by atoms with Crippen molar-refractivity contribution in [3.8, 4) is 5.75 Å². The molecule has 0 atom stereocenters. The van der Waals surface area contributed by atoms with Gasteiger partial charge in [-0.2, -0.15) is 0 Å². The first kappa shape index (κ1) is 12.3. The Labute approximate surface area is 95.7 Å². The summed E-state index contributed by atoms with van der Waals surface area (Å²) in [6.07, 6.45) is 1.66. The van der Waals surface area contributed by atoms with Crippen LogP contribution in [0.3, 0.4) is 0 Å². The van der Waals surface area contributed by atoms with Crippen molar-refractivity contribution in [2.24, 2.45) is 10.7 Å². The number of aromatic nitrogens is 1. The Kier molecular flexibility index (Phi) is 4.57. The van der Waals surface area contributed by atoms with Gasteiger partial charge in [0, 0.05) is 6.04 Å². The third-order valence-electron chi connectivity index (χ3n) is 1.88. The average molecular weight is 222 g/mol. The van der Waals surface area contributed by atoms with Crippen LogP contribution in [0.1, 0.15) is 19.5 Å². The maximum atomic E-state index is 5.66. The highest BCUT2D eigenvalue weighted by Crippen LogP contribution is 2.08. The van der Waals surface area contributed by atoms with Gasteiger partial charge in [-0.1, -0.05) is 0 Å². The van der Waals surface area contributed by atoms with E-state index in [2.05, 4.69) is 15.3 Å². The van der Waals surface area contributed by atoms with Crippen molar-refractivity contribution in [2.75, 3.05) is 7.11 Å². The zero-order valence-electron chi connectivity index (χ0n) is 9.90. The zero-order chi connectivity index (χ0) is 12.0. The van der Waals surface area contributed by atoms with E-state index < -0.39 is 0 Å². The van der Waals surface area contributed by atoms with Crippen LogP contribution < -0.4 is 15.8 Å². The number of hydrogen-bond donors (Lipinski definition) is 2. The van der Waals surface area contributed by atoms with Gasteiger partial charge in [-0.15, -0.1) is 0 Å². The first-order valence-corrected chi connectivity index (χ1v) is 5.17. The highest BCUT2D eigenvalue weighted by molar-refractivity contribution is 5.77. The fourth-order valence-corrected chi connectivity index (χ4v) is 1.13. The summed E-state index contributed by atoms with van der Waals surface area (Å²) in [6.45, 7) is 4.48. The molecule has 0 saturated carbocycles. The molecular weight excluding hydrogens is 204 g/mol. The molecule has 16 heavy (non-hydrogen) atoms. The van der Waals surface area contributed by atoms with Gasteiger partial charge in [0.1, 0.15) is 5.75 Å². The molecule has 5 heteroatoms. The maximum Gasteiger partial charge on any atom is 0.189 e. The summed E-state index contributed by atoms with van der Waals surface area (Å²) >= 11 is 0. The molecule has 0 aliphatic heterocycles. The van der Waals surface area contributed by atoms with Gasteiger partial charge in [0.15, 0.2) is 5.96 Å². The minimum atomic E-state index is 0.285. The molecule has 1 heterocycles. The van der Waals surface area contributed by atoms with E-state index in [4.69, 9.17) is 10.5 Å². The summed E-state index contributed by atoms with van der Waals surface area (Å²) in [4.78, 5) is 8.36. The molecule has 0 spiro atoms. The van der Waals surface area contributed by atoms with E-state index >= 15 is 0 Å². The Morgan fingerprint density at radius 3 is 2.81 bits per heavy atom. The molecule has 3 N–H and O–H groups in total. The van der Waals surface area contributed by atoms with Crippen molar-refractivity contribution >= 4 is 5.96 Å². The molecule has 0 amide bonds. The third kappa shape index (κ3) is 4.16. The predicted molar refractivity (Wildman–Crippen MR) is 64.4 cm³/mol. The lowest BCUT2D eigenvalue weighted by atomic mass is 10.3. The predicted octanol–water partition coefficient (Wildman–Crippen LogP) is 0.903. The van der Waals surface area contributed by atoms with E-state index in [1.807, 2.05) is 26.0 Å². The molecule has 1 aromatic rings. The van der Waals surface area contributed by atoms with E-state index in [0.717, 1.165) is 11.4 Å². The summed E-state index contributed by atoms with van der Waals surface area (Å²) < 4.78 is 5.01. The molecule has 88 valence electrons. The van der Waals surface area contributed by atoms with Crippen molar-refractivity contribution in [3.63, 3.8) is 0 Å². The van der Waals surface area contributed by atoms with Gasteiger partial charge in [0.25, 0.3) is 0 Å². The SMILES string of the molecule is COc1ccc(CN=C(N)NC(C)C)nc1. The molecule has 1 aromatic heterocycles. The molecule has 0 bridgehead atoms. The van der Waals surface area contributed by atoms with Crippen LogP contribution in [0.2, 0.25) is 0 Å². The number of nitrogens with two attached hydrogens (primary N) is 1. The van der Waals surface area contributed by atoms with E-state index in [1.165, 1.54) is 0 Å². The number of hydrogen-bond acceptors (Lipinski definition) is 3. The second-order valence-corrected chi connectivity index (χ2v) is 3.69. The van der Waals surface area contributed by atoms with Crippen LogP contribution in [-0.4, -0.2) is 24.1 Å². The second-order valence-electron chi connectivity index (χ2n) is 3.69. The maximum absolute atomic E-state index is 5.66. The normalized spacial score (nSPS) is 11.6. The van der Waals surface area contributed by atoms with Crippen LogP contribution in [0, 0.1) is 0 Å². The number of rotatable bonds is 4. The first-order valence-electron chi connectivity index (χ1n) is 5.17. The van der Waals surface area contributed by atoms with E-state index in [-0.39, 0.29) is 6.04 Å². The lowest BCUT2D eigenvalue weighted by molar-refractivity contribution is 0.412. The number of aliphatic imine (C=N–C) groups is 1. The number of methoxy groups -OCH3 is 1. The van der Waals surface area contributed by atoms with Gasteiger partial charge < -0.3 is 15.8 Å². The number of guanidine groups is 1. The fraction of sp³-hybridized carbons (Fsp3) is 0.455. The first-order chi connectivity index (χ1) is 7.61. The van der Waals surface area contributed by atoms with Crippen LogP contribution in [0.25, 0.3) is 0 Å². The van der Waals surface area contributed by atoms with Crippen molar-refractivity contribution in [2.45, 2.75) is 26.4 Å². The Balaban J connectivity index is 2.53. The monoisotopic (exact) mass is 222 g/mol. The van der Waals surface area contributed by atoms with Gasteiger partial charge in [-0.3, -0.25) is 4.98 Å². The van der Waals surface area contributed by atoms with Crippen LogP contribution >= 0.6 is 0 Å². The average Bonchev–Trinajstić information content (AvgIpc) is 2.26. The Morgan fingerprint density at radius 2 is 2.31 bits per heavy atom. The lowest BCUT2D eigenvalue weighted by Gasteiger charge is -2.08. The molecule has 0 fully saturated rings. The number of nitrogens with zero attached hydrogens (tertiary/aromatic N) is 2. The van der Waals surface area contributed by atoms with Crippen molar-refractivity contribution in [1.29, 1.82) is 0 Å². The topological polar surface area (TPSA) is 72.5 Å². The highest BCUT2D eigenvalue weighted by Gasteiger charge is 1.97. The van der Waals surface area contributed by atoms with Crippen LogP contribution in [0.15, 0.2) is 23.3 Å². The highest BCUT2D eigenvalue weighted by atomic mass is 16.5. The van der Waals surface area contributed by atoms with Gasteiger partial charge in [0.2, 0.25) is 0 Å². The Hall–Kier alpha value is -1.78. The van der Waals surface area contributed by atoms with Crippen molar-refractivity contribution in [3.05, 3.63) is 24.0 Å². The molecule has 0 radical (unpaired) electrons. The van der Waals surface area contributed by atoms with E-state index in [0.29, 0.717) is 12.5 Å². The molecule has 0 aromatic carbocycles. The van der Waals surface area contributed by atoms with Crippen molar-refractivity contribution in [1.82, 2.24) is 10.3 Å². The quantitative estimate of drug-likeness (QED) is 0.586. The van der Waals surface area contributed by atoms with Crippen LogP contribution in [-0.2, 0) is 6.54 Å². The number of pyridine rings is 1. The van der Waals surface area contributed by atoms with Crippen LogP contribution in [0.5, 0.6) is 5.75 Å². The largest absolute Gasteiger partial charge is 0.495 e. The van der Waals surface area contributed by atoms with Gasteiger partial charge in [-0.05, 0) is 26.0 Å². The van der Waals surface area contributed by atoms with Crippen molar-refractivity contribution < 1.29 is 4.74 Å². The third-order valence-corrected chi connectivity index (χ3v) is 1.88. The molecule has 5 nitrogen and oxygen atoms in total. The number of ether oxygens (including phenoxy) is 1. The zero-order valence-corrected chi connectivity index (χ0v) is 9.90. The van der Waals surface area contributed by atoms with Crippen LogP contribution in [0.4, 0.5) is 0 Å². The summed E-state index contributed by atoms with van der Waals surface area (Å²) in [7, 11) is 1.61. The Morgan fingerprint density at radius 1 is 1.56 bits per heavy atom. The van der Waals surface area contributed by atoms with Gasteiger partial charge in [0.05, 0.1) is 25.5 Å². The minimum Gasteiger partial charge on any atom is -0.495 e. The molecule has 0 aliphatic carbocycles. The van der Waals surface area contributed by atoms with Gasteiger partial charge in [-0.25, -0.2) is 4.99 Å². The summed E-state index contributed by atoms with van der Waals surface area (Å²) in [5, 5.41) is 3.01. The van der Waals surface area contributed by atoms with E-state index in [9.17, 15) is 0 Å². The second kappa shape index (κ2) is 5.95. The smallest absolute Gasteiger partial charge is 0.189 e. The Bertz CT molecular complexity index is 346. The molecule has 0 saturated heterocycles. The number of nitrogens with one attached hydrogen (secondary N) is 1. The standard InChI is InChI=1S/C11H18N4O/c1-8(2)15-11(12)14-6-9-4-5-10(16-3)7-13-9/h4-5,7-8H,6H2,1-3H3,(H3,12,14,15). The lowest BCUT2D eigenvalue weighted by Crippen LogP contribution is -2.36. The van der Waals surface area contributed by atoms with E-state index in [1.54, 1.807) is 13.3 Å². The molecule has 1 rings (SSSR count). The fourth-order valence-electron chi connectivity index (χ4n) is 1.13. The van der Waals surface area contributed by atoms with Gasteiger partial charge >= 0.3 is 0 Å². The summed E-state index contributed by atoms with van der Waals surface area (Å²) in [5.41, 5.74) is 6.52. The molecule has 0 aliphatic rings. The summed E-state index contributed by atoms with van der Waals surface area (Å²) in [5.74, 6) is 1.17. The molecular formula is C11H18N4O.